The number of hydrogen-bond donors (Lipinski definition) is 2. The molecule has 0 unspecified atom stereocenters. The van der Waals surface area contributed by atoms with Gasteiger partial charge in [0.25, 0.3) is 0 Å². The lowest BCUT2D eigenvalue weighted by molar-refractivity contribution is -0.384. The number of aromatic nitrogens is 1. The molecule has 1 heterocycles. The van der Waals surface area contributed by atoms with E-state index in [0.29, 0.717) is 5.56 Å². The van der Waals surface area contributed by atoms with Crippen LogP contribution in [0.25, 0.3) is 0 Å². The van der Waals surface area contributed by atoms with Crippen LogP contribution in [-0.4, -0.2) is 18.3 Å². The molecule has 0 spiro atoms. The molecule has 0 amide bonds. The number of nitrogens with one attached hydrogen (secondary N) is 2. The minimum absolute atomic E-state index is 0.0264. The summed E-state index contributed by atoms with van der Waals surface area (Å²) >= 11 is 11.5. The summed E-state index contributed by atoms with van der Waals surface area (Å²) < 4.78 is 26.6. The average Bonchev–Trinajstić information content (AvgIpc) is 2.88. The standard InChI is InChI=1S/C11H9Cl2N3O4S/c12-8-1-2-9(10(13)11(8)16(17)18)21(19,20)15-6-7-3-4-14-5-7/h1-5,14-15H,6H2. The first-order valence-electron chi connectivity index (χ1n) is 5.56. The van der Waals surface area contributed by atoms with Crippen molar-refractivity contribution in [2.24, 2.45) is 0 Å². The largest absolute Gasteiger partial charge is 0.367 e. The molecule has 0 radical (unpaired) electrons. The number of halogens is 2. The molecular weight excluding hydrogens is 341 g/mol. The molecule has 0 aliphatic rings. The molecule has 21 heavy (non-hydrogen) atoms. The van der Waals surface area contributed by atoms with Gasteiger partial charge in [-0.3, -0.25) is 10.1 Å². The molecule has 112 valence electrons. The maximum absolute atomic E-state index is 12.2. The van der Waals surface area contributed by atoms with E-state index in [1.165, 1.54) is 0 Å². The highest BCUT2D eigenvalue weighted by Gasteiger charge is 2.27. The first kappa shape index (κ1) is 15.8. The second-order valence-corrected chi connectivity index (χ2v) is 6.53. The van der Waals surface area contributed by atoms with Crippen molar-refractivity contribution >= 4 is 38.9 Å². The minimum atomic E-state index is -4.00. The van der Waals surface area contributed by atoms with Crippen molar-refractivity contribution in [1.29, 1.82) is 0 Å². The SMILES string of the molecule is O=[N+]([O-])c1c(Cl)ccc(S(=O)(=O)NCc2cc[nH]c2)c1Cl. The summed E-state index contributed by atoms with van der Waals surface area (Å²) in [6, 6.07) is 3.93. The number of aromatic amines is 1. The van der Waals surface area contributed by atoms with Crippen molar-refractivity contribution in [3.63, 3.8) is 0 Å². The fourth-order valence-electron chi connectivity index (χ4n) is 1.62. The van der Waals surface area contributed by atoms with Gasteiger partial charge in [-0.25, -0.2) is 13.1 Å². The molecule has 0 saturated heterocycles. The van der Waals surface area contributed by atoms with Crippen LogP contribution >= 0.6 is 23.2 Å². The highest BCUT2D eigenvalue weighted by molar-refractivity contribution is 7.89. The number of nitro benzene ring substituents is 1. The predicted octanol–water partition coefficient (Wildman–Crippen LogP) is 2.71. The highest BCUT2D eigenvalue weighted by Crippen LogP contribution is 2.37. The lowest BCUT2D eigenvalue weighted by Gasteiger charge is -2.08. The first-order valence-corrected chi connectivity index (χ1v) is 7.80. The Morgan fingerprint density at radius 1 is 1.29 bits per heavy atom. The van der Waals surface area contributed by atoms with Crippen molar-refractivity contribution in [3.8, 4) is 0 Å². The van der Waals surface area contributed by atoms with Gasteiger partial charge in [-0.1, -0.05) is 23.2 Å². The first-order chi connectivity index (χ1) is 9.83. The summed E-state index contributed by atoms with van der Waals surface area (Å²) in [5.41, 5.74) is 0.0704. The molecular formula is C11H9Cl2N3O4S. The van der Waals surface area contributed by atoms with Crippen LogP contribution in [0.15, 0.2) is 35.5 Å². The van der Waals surface area contributed by atoms with Crippen LogP contribution in [0.2, 0.25) is 10.0 Å². The monoisotopic (exact) mass is 349 g/mol. The van der Waals surface area contributed by atoms with Crippen LogP contribution in [0.5, 0.6) is 0 Å². The Morgan fingerprint density at radius 3 is 2.57 bits per heavy atom. The van der Waals surface area contributed by atoms with E-state index in [1.54, 1.807) is 18.5 Å². The van der Waals surface area contributed by atoms with Gasteiger partial charge in [-0.05, 0) is 23.8 Å². The van der Waals surface area contributed by atoms with Gasteiger partial charge in [-0.2, -0.15) is 0 Å². The van der Waals surface area contributed by atoms with E-state index in [9.17, 15) is 18.5 Å². The summed E-state index contributed by atoms with van der Waals surface area (Å²) in [5.74, 6) is 0. The van der Waals surface area contributed by atoms with Crippen LogP contribution in [0.4, 0.5) is 5.69 Å². The molecule has 0 aliphatic carbocycles. The van der Waals surface area contributed by atoms with Gasteiger partial charge in [-0.15, -0.1) is 0 Å². The van der Waals surface area contributed by atoms with Gasteiger partial charge < -0.3 is 4.98 Å². The molecule has 0 aliphatic heterocycles. The predicted molar refractivity (Wildman–Crippen MR) is 77.9 cm³/mol. The summed E-state index contributed by atoms with van der Waals surface area (Å²) in [6.07, 6.45) is 3.26. The number of hydrogen-bond acceptors (Lipinski definition) is 4. The third-order valence-corrected chi connectivity index (χ3v) is 4.88. The Kier molecular flexibility index (Phi) is 4.52. The van der Waals surface area contributed by atoms with Crippen LogP contribution < -0.4 is 4.72 Å². The van der Waals surface area contributed by atoms with Crippen LogP contribution in [-0.2, 0) is 16.6 Å². The third kappa shape index (κ3) is 3.35. The molecule has 0 fully saturated rings. The molecule has 2 N–H and O–H groups in total. The van der Waals surface area contributed by atoms with Crippen LogP contribution in [0.1, 0.15) is 5.56 Å². The van der Waals surface area contributed by atoms with Gasteiger partial charge >= 0.3 is 5.69 Å². The molecule has 10 heteroatoms. The average molecular weight is 350 g/mol. The number of rotatable bonds is 5. The lowest BCUT2D eigenvalue weighted by atomic mass is 10.3. The van der Waals surface area contributed by atoms with Gasteiger partial charge in [0.1, 0.15) is 14.9 Å². The summed E-state index contributed by atoms with van der Waals surface area (Å²) in [4.78, 5) is 12.4. The van der Waals surface area contributed by atoms with E-state index in [0.717, 1.165) is 12.1 Å². The third-order valence-electron chi connectivity index (χ3n) is 2.63. The van der Waals surface area contributed by atoms with E-state index < -0.39 is 30.6 Å². The van der Waals surface area contributed by atoms with Gasteiger partial charge in [0.05, 0.1) is 4.92 Å². The highest BCUT2D eigenvalue weighted by atomic mass is 35.5. The van der Waals surface area contributed by atoms with Gasteiger partial charge in [0.15, 0.2) is 0 Å². The molecule has 0 saturated carbocycles. The van der Waals surface area contributed by atoms with E-state index in [1.807, 2.05) is 0 Å². The summed E-state index contributed by atoms with van der Waals surface area (Å²) in [6.45, 7) is 0.0264. The minimum Gasteiger partial charge on any atom is -0.367 e. The Bertz CT molecular complexity index is 775. The second-order valence-electron chi connectivity index (χ2n) is 4.01. The van der Waals surface area contributed by atoms with Crippen LogP contribution in [0, 0.1) is 10.1 Å². The summed E-state index contributed by atoms with van der Waals surface area (Å²) in [5, 5.41) is 10.1. The van der Waals surface area contributed by atoms with E-state index in [4.69, 9.17) is 23.2 Å². The molecule has 2 rings (SSSR count). The fraction of sp³-hybridized carbons (Fsp3) is 0.0909. The zero-order valence-electron chi connectivity index (χ0n) is 10.3. The van der Waals surface area contributed by atoms with Gasteiger partial charge in [0.2, 0.25) is 10.0 Å². The molecule has 0 bridgehead atoms. The zero-order valence-corrected chi connectivity index (χ0v) is 12.7. The number of nitro groups is 1. The molecule has 0 atom stereocenters. The molecule has 2 aromatic rings. The van der Waals surface area contributed by atoms with Crippen molar-refractivity contribution < 1.29 is 13.3 Å². The van der Waals surface area contributed by atoms with E-state index in [2.05, 4.69) is 9.71 Å². The Morgan fingerprint density at radius 2 is 2.00 bits per heavy atom. The number of benzene rings is 1. The Hall–Kier alpha value is -1.61. The zero-order chi connectivity index (χ0) is 15.6. The normalized spacial score (nSPS) is 11.5. The van der Waals surface area contributed by atoms with E-state index >= 15 is 0 Å². The van der Waals surface area contributed by atoms with Crippen molar-refractivity contribution in [2.45, 2.75) is 11.4 Å². The maximum atomic E-state index is 12.2. The lowest BCUT2D eigenvalue weighted by Crippen LogP contribution is -2.23. The smallest absolute Gasteiger partial charge is 0.307 e. The summed E-state index contributed by atoms with van der Waals surface area (Å²) in [7, 11) is -4.00. The Labute approximate surface area is 130 Å². The van der Waals surface area contributed by atoms with Crippen molar-refractivity contribution in [1.82, 2.24) is 9.71 Å². The van der Waals surface area contributed by atoms with Crippen molar-refractivity contribution in [2.75, 3.05) is 0 Å². The quantitative estimate of drug-likeness (QED) is 0.639. The maximum Gasteiger partial charge on any atom is 0.307 e. The number of H-pyrrole nitrogens is 1. The molecule has 7 nitrogen and oxygen atoms in total. The number of sulfonamides is 1. The van der Waals surface area contributed by atoms with E-state index in [-0.39, 0.29) is 11.6 Å². The number of nitrogens with zero attached hydrogens (tertiary/aromatic N) is 1. The van der Waals surface area contributed by atoms with Crippen LogP contribution in [0.3, 0.4) is 0 Å². The second kappa shape index (κ2) is 6.02. The van der Waals surface area contributed by atoms with Crippen molar-refractivity contribution in [3.05, 3.63) is 56.3 Å². The topological polar surface area (TPSA) is 105 Å². The van der Waals surface area contributed by atoms with Gasteiger partial charge in [0, 0.05) is 18.9 Å². The Balaban J connectivity index is 2.36. The molecule has 1 aromatic carbocycles. The molecule has 1 aromatic heterocycles. The fourth-order valence-corrected chi connectivity index (χ4v) is 3.53.